The first-order valence-electron chi connectivity index (χ1n) is 6.20. The Bertz CT molecular complexity index is 784. The van der Waals surface area contributed by atoms with Gasteiger partial charge in [-0.25, -0.2) is 9.37 Å². The summed E-state index contributed by atoms with van der Waals surface area (Å²) < 4.78 is 20.5. The smallest absolute Gasteiger partial charge is 0.244 e. The van der Waals surface area contributed by atoms with Crippen molar-refractivity contribution in [2.24, 2.45) is 5.73 Å². The summed E-state index contributed by atoms with van der Waals surface area (Å²) in [4.78, 5) is 4.05. The molecule has 6 nitrogen and oxygen atoms in total. The highest BCUT2D eigenvalue weighted by Gasteiger charge is 2.16. The Morgan fingerprint density at radius 1 is 1.36 bits per heavy atom. The number of nitrogen functional groups attached to an aromatic ring is 1. The van der Waals surface area contributed by atoms with Crippen molar-refractivity contribution in [3.8, 4) is 11.6 Å². The van der Waals surface area contributed by atoms with Crippen LogP contribution in [0.1, 0.15) is 11.3 Å². The standard InChI is InChI=1S/C14H12FN5O.ClH/c15-10-4-2-1-3-9(10)8-20-12(14-18-5-6-21-14)7-11(19-20)13(16)17;/h1-7H,8H2,(H3,16,17);1H. The van der Waals surface area contributed by atoms with Crippen LogP contribution in [0.3, 0.4) is 0 Å². The number of amidine groups is 1. The number of rotatable bonds is 4. The molecule has 3 N–H and O–H groups in total. The Labute approximate surface area is 131 Å². The van der Waals surface area contributed by atoms with Crippen LogP contribution in [0.25, 0.3) is 11.6 Å². The van der Waals surface area contributed by atoms with Gasteiger partial charge >= 0.3 is 0 Å². The van der Waals surface area contributed by atoms with Gasteiger partial charge in [-0.15, -0.1) is 12.4 Å². The van der Waals surface area contributed by atoms with Gasteiger partial charge in [-0.2, -0.15) is 5.10 Å². The van der Waals surface area contributed by atoms with Crippen molar-refractivity contribution in [1.29, 1.82) is 5.41 Å². The molecule has 1 aromatic carbocycles. The zero-order valence-electron chi connectivity index (χ0n) is 11.4. The highest BCUT2D eigenvalue weighted by molar-refractivity contribution is 5.93. The molecule has 0 unspecified atom stereocenters. The first kappa shape index (κ1) is 15.7. The summed E-state index contributed by atoms with van der Waals surface area (Å²) in [5, 5.41) is 11.7. The van der Waals surface area contributed by atoms with Crippen molar-refractivity contribution >= 4 is 18.2 Å². The van der Waals surface area contributed by atoms with Crippen LogP contribution in [-0.4, -0.2) is 20.6 Å². The lowest BCUT2D eigenvalue weighted by molar-refractivity contribution is 0.553. The Morgan fingerprint density at radius 3 is 2.77 bits per heavy atom. The third-order valence-electron chi connectivity index (χ3n) is 2.99. The van der Waals surface area contributed by atoms with Gasteiger partial charge in [0.25, 0.3) is 0 Å². The van der Waals surface area contributed by atoms with Crippen LogP contribution in [0.5, 0.6) is 0 Å². The normalized spacial score (nSPS) is 10.2. The lowest BCUT2D eigenvalue weighted by Crippen LogP contribution is -2.13. The lowest BCUT2D eigenvalue weighted by atomic mass is 10.2. The molecule has 0 amide bonds. The average Bonchev–Trinajstić information content (AvgIpc) is 3.10. The fourth-order valence-corrected chi connectivity index (χ4v) is 1.98. The quantitative estimate of drug-likeness (QED) is 0.570. The van der Waals surface area contributed by atoms with Crippen LogP contribution in [0, 0.1) is 11.2 Å². The molecule has 8 heteroatoms. The molecule has 0 aliphatic carbocycles. The second-order valence-corrected chi connectivity index (χ2v) is 4.41. The molecule has 3 rings (SSSR count). The maximum Gasteiger partial charge on any atom is 0.244 e. The molecule has 22 heavy (non-hydrogen) atoms. The van der Waals surface area contributed by atoms with Gasteiger partial charge in [-0.05, 0) is 6.07 Å². The van der Waals surface area contributed by atoms with Crippen LogP contribution < -0.4 is 5.73 Å². The van der Waals surface area contributed by atoms with Gasteiger partial charge in [-0.3, -0.25) is 10.1 Å². The largest absolute Gasteiger partial charge is 0.443 e. The molecule has 0 spiro atoms. The summed E-state index contributed by atoms with van der Waals surface area (Å²) in [5.74, 6) is -0.155. The molecule has 0 saturated heterocycles. The number of hydrogen-bond acceptors (Lipinski definition) is 4. The Morgan fingerprint density at radius 2 is 2.14 bits per heavy atom. The Balaban J connectivity index is 0.00000176. The number of hydrogen-bond donors (Lipinski definition) is 2. The van der Waals surface area contributed by atoms with Crippen LogP contribution in [-0.2, 0) is 6.54 Å². The lowest BCUT2D eigenvalue weighted by Gasteiger charge is -2.06. The summed E-state index contributed by atoms with van der Waals surface area (Å²) >= 11 is 0. The summed E-state index contributed by atoms with van der Waals surface area (Å²) in [5.41, 5.74) is 6.76. The van der Waals surface area contributed by atoms with Gasteiger partial charge < -0.3 is 10.2 Å². The van der Waals surface area contributed by atoms with Crippen molar-refractivity contribution in [1.82, 2.24) is 14.8 Å². The van der Waals surface area contributed by atoms with E-state index in [2.05, 4.69) is 10.1 Å². The number of benzene rings is 1. The van der Waals surface area contributed by atoms with E-state index in [9.17, 15) is 4.39 Å². The molecule has 0 fully saturated rings. The number of nitrogens with two attached hydrogens (primary N) is 1. The molecule has 2 aromatic heterocycles. The maximum absolute atomic E-state index is 13.8. The third-order valence-corrected chi connectivity index (χ3v) is 2.99. The highest BCUT2D eigenvalue weighted by Crippen LogP contribution is 2.20. The van der Waals surface area contributed by atoms with Gasteiger partial charge in [0.15, 0.2) is 0 Å². The number of oxazole rings is 1. The number of halogens is 2. The first-order valence-corrected chi connectivity index (χ1v) is 6.20. The van der Waals surface area contributed by atoms with Crippen LogP contribution in [0.15, 0.2) is 47.2 Å². The minimum Gasteiger partial charge on any atom is -0.443 e. The molecule has 0 aliphatic rings. The SMILES string of the molecule is Cl.N=C(N)c1cc(-c2ncco2)n(Cc2ccccc2F)n1. The first-order chi connectivity index (χ1) is 10.1. The minimum atomic E-state index is -0.323. The fraction of sp³-hybridized carbons (Fsp3) is 0.0714. The maximum atomic E-state index is 13.8. The zero-order valence-corrected chi connectivity index (χ0v) is 12.2. The third kappa shape index (κ3) is 2.99. The van der Waals surface area contributed by atoms with E-state index in [-0.39, 0.29) is 30.6 Å². The average molecular weight is 322 g/mol. The molecule has 0 atom stereocenters. The van der Waals surface area contributed by atoms with E-state index in [0.29, 0.717) is 22.8 Å². The van der Waals surface area contributed by atoms with E-state index < -0.39 is 0 Å². The van der Waals surface area contributed by atoms with Crippen molar-refractivity contribution in [3.63, 3.8) is 0 Å². The second-order valence-electron chi connectivity index (χ2n) is 4.41. The molecule has 114 valence electrons. The van der Waals surface area contributed by atoms with E-state index in [1.165, 1.54) is 23.2 Å². The highest BCUT2D eigenvalue weighted by atomic mass is 35.5. The molecule has 2 heterocycles. The van der Waals surface area contributed by atoms with E-state index >= 15 is 0 Å². The molecule has 0 saturated carbocycles. The van der Waals surface area contributed by atoms with E-state index in [1.54, 1.807) is 24.3 Å². The predicted octanol–water partition coefficient (Wildman–Crippen LogP) is 2.43. The van der Waals surface area contributed by atoms with Crippen LogP contribution in [0.4, 0.5) is 4.39 Å². The Hall–Kier alpha value is -2.67. The molecule has 3 aromatic rings. The van der Waals surface area contributed by atoms with E-state index in [1.807, 2.05) is 0 Å². The molecule has 0 aliphatic heterocycles. The van der Waals surface area contributed by atoms with Crippen LogP contribution in [0.2, 0.25) is 0 Å². The monoisotopic (exact) mass is 321 g/mol. The van der Waals surface area contributed by atoms with Gasteiger partial charge in [0.05, 0.1) is 12.7 Å². The van der Waals surface area contributed by atoms with E-state index in [0.717, 1.165) is 0 Å². The van der Waals surface area contributed by atoms with Gasteiger partial charge in [0, 0.05) is 11.6 Å². The minimum absolute atomic E-state index is 0. The predicted molar refractivity (Wildman–Crippen MR) is 81.5 cm³/mol. The molecular weight excluding hydrogens is 309 g/mol. The van der Waals surface area contributed by atoms with Gasteiger partial charge in [0.1, 0.15) is 29.3 Å². The van der Waals surface area contributed by atoms with Crippen molar-refractivity contribution in [3.05, 3.63) is 59.9 Å². The van der Waals surface area contributed by atoms with Crippen molar-refractivity contribution in [2.45, 2.75) is 6.54 Å². The molecule has 0 bridgehead atoms. The summed E-state index contributed by atoms with van der Waals surface area (Å²) in [7, 11) is 0. The fourth-order valence-electron chi connectivity index (χ4n) is 1.98. The van der Waals surface area contributed by atoms with Crippen molar-refractivity contribution < 1.29 is 8.81 Å². The Kier molecular flexibility index (Phi) is 4.57. The summed E-state index contributed by atoms with van der Waals surface area (Å²) in [6.45, 7) is 0.192. The number of aromatic nitrogens is 3. The van der Waals surface area contributed by atoms with E-state index in [4.69, 9.17) is 15.6 Å². The number of nitrogens with one attached hydrogen (secondary N) is 1. The number of nitrogens with zero attached hydrogens (tertiary/aromatic N) is 3. The zero-order chi connectivity index (χ0) is 14.8. The summed E-state index contributed by atoms with van der Waals surface area (Å²) in [6, 6.07) is 8.02. The van der Waals surface area contributed by atoms with Gasteiger partial charge in [-0.1, -0.05) is 18.2 Å². The topological polar surface area (TPSA) is 93.7 Å². The van der Waals surface area contributed by atoms with Gasteiger partial charge in [0.2, 0.25) is 5.89 Å². The van der Waals surface area contributed by atoms with Crippen LogP contribution >= 0.6 is 12.4 Å². The van der Waals surface area contributed by atoms with Crippen molar-refractivity contribution in [2.75, 3.05) is 0 Å². The molecule has 0 radical (unpaired) electrons. The molecular formula is C14H13ClFN5O. The summed E-state index contributed by atoms with van der Waals surface area (Å²) in [6.07, 6.45) is 2.94. The second kappa shape index (κ2) is 6.40.